The van der Waals surface area contributed by atoms with E-state index in [1.807, 2.05) is 6.07 Å². The molecule has 136 valence electrons. The normalized spacial score (nSPS) is 15.9. The number of unbranched alkanes of at least 4 members (excludes halogenated alkanes) is 1. The van der Waals surface area contributed by atoms with Crippen LogP contribution in [0.1, 0.15) is 26.2 Å². The Bertz CT molecular complexity index is 461. The minimum absolute atomic E-state index is 0. The van der Waals surface area contributed by atoms with E-state index >= 15 is 0 Å². The lowest BCUT2D eigenvalue weighted by Gasteiger charge is -2.34. The molecule has 0 atom stereocenters. The van der Waals surface area contributed by atoms with Crippen LogP contribution in [0.5, 0.6) is 0 Å². The second kappa shape index (κ2) is 12.2. The Balaban J connectivity index is 0.00000288. The van der Waals surface area contributed by atoms with E-state index in [0.29, 0.717) is 5.96 Å². The van der Waals surface area contributed by atoms with Crippen molar-refractivity contribution in [3.63, 3.8) is 0 Å². The number of piperazine rings is 1. The molecule has 7 nitrogen and oxygen atoms in total. The summed E-state index contributed by atoms with van der Waals surface area (Å²) in [6, 6.07) is 1.85. The highest BCUT2D eigenvalue weighted by molar-refractivity contribution is 14.0. The van der Waals surface area contributed by atoms with Gasteiger partial charge in [-0.1, -0.05) is 13.3 Å². The number of aromatic nitrogens is 2. The van der Waals surface area contributed by atoms with Crippen molar-refractivity contribution < 1.29 is 0 Å². The maximum atomic E-state index is 5.82. The quantitative estimate of drug-likeness (QED) is 0.271. The summed E-state index contributed by atoms with van der Waals surface area (Å²) in [5, 5.41) is 3.14. The maximum absolute atomic E-state index is 5.82. The van der Waals surface area contributed by atoms with Crippen LogP contribution in [0, 0.1) is 0 Å². The molecular formula is C16H30IN7. The number of hydrogen-bond acceptors (Lipinski definition) is 5. The molecule has 24 heavy (non-hydrogen) atoms. The summed E-state index contributed by atoms with van der Waals surface area (Å²) in [6.45, 7) is 8.98. The van der Waals surface area contributed by atoms with Crippen LogP contribution in [-0.2, 0) is 0 Å². The standard InChI is InChI=1S/C16H29N7.HI/c1-2-3-6-18-15(17)19-9-5-10-22-11-13-23(14-12-22)16-20-7-4-8-21-16;/h4,7-8H,2-3,5-6,9-14H2,1H3,(H3,17,18,19);1H. The average molecular weight is 447 g/mol. The molecule has 2 heterocycles. The van der Waals surface area contributed by atoms with Crippen LogP contribution >= 0.6 is 24.0 Å². The van der Waals surface area contributed by atoms with Crippen molar-refractivity contribution in [2.24, 2.45) is 10.7 Å². The van der Waals surface area contributed by atoms with Crippen molar-refractivity contribution in [3.05, 3.63) is 18.5 Å². The molecule has 0 bridgehead atoms. The topological polar surface area (TPSA) is 82.7 Å². The highest BCUT2D eigenvalue weighted by Gasteiger charge is 2.17. The first kappa shape index (κ1) is 20.9. The zero-order chi connectivity index (χ0) is 16.3. The number of guanidine groups is 1. The van der Waals surface area contributed by atoms with Crippen molar-refractivity contribution in [2.75, 3.05) is 50.7 Å². The fourth-order valence-corrected chi connectivity index (χ4v) is 2.57. The first-order valence-electron chi connectivity index (χ1n) is 8.57. The van der Waals surface area contributed by atoms with Crippen LogP contribution < -0.4 is 16.0 Å². The van der Waals surface area contributed by atoms with Gasteiger partial charge in [0.1, 0.15) is 0 Å². The minimum Gasteiger partial charge on any atom is -0.370 e. The van der Waals surface area contributed by atoms with Crippen molar-refractivity contribution >= 4 is 35.9 Å². The predicted octanol–water partition coefficient (Wildman–Crippen LogP) is 1.31. The number of rotatable bonds is 8. The Morgan fingerprint density at radius 1 is 1.21 bits per heavy atom. The molecular weight excluding hydrogens is 417 g/mol. The smallest absolute Gasteiger partial charge is 0.225 e. The fourth-order valence-electron chi connectivity index (χ4n) is 2.57. The van der Waals surface area contributed by atoms with Gasteiger partial charge in [-0.3, -0.25) is 9.89 Å². The van der Waals surface area contributed by atoms with Crippen molar-refractivity contribution in [1.82, 2.24) is 20.2 Å². The Hall–Kier alpha value is -1.16. The first-order valence-corrected chi connectivity index (χ1v) is 8.57. The minimum atomic E-state index is 0. The molecule has 1 aromatic heterocycles. The van der Waals surface area contributed by atoms with E-state index in [4.69, 9.17) is 5.73 Å². The van der Waals surface area contributed by atoms with Gasteiger partial charge < -0.3 is 16.0 Å². The van der Waals surface area contributed by atoms with Crippen molar-refractivity contribution in [1.29, 1.82) is 0 Å². The number of aliphatic imine (C=N–C) groups is 1. The summed E-state index contributed by atoms with van der Waals surface area (Å²) >= 11 is 0. The van der Waals surface area contributed by atoms with Gasteiger partial charge in [-0.05, 0) is 18.9 Å². The zero-order valence-electron chi connectivity index (χ0n) is 14.5. The Labute approximate surface area is 162 Å². The third-order valence-corrected chi connectivity index (χ3v) is 3.96. The van der Waals surface area contributed by atoms with Crippen LogP contribution in [0.3, 0.4) is 0 Å². The Kier molecular flexibility index (Phi) is 10.6. The molecule has 2 rings (SSSR count). The van der Waals surface area contributed by atoms with Gasteiger partial charge in [0, 0.05) is 58.2 Å². The van der Waals surface area contributed by atoms with Gasteiger partial charge in [0.15, 0.2) is 5.96 Å². The molecule has 1 aromatic rings. The van der Waals surface area contributed by atoms with Gasteiger partial charge in [-0.15, -0.1) is 24.0 Å². The van der Waals surface area contributed by atoms with Crippen LogP contribution in [-0.4, -0.2) is 66.6 Å². The SMILES string of the molecule is CCCCNC(N)=NCCCN1CCN(c2ncccn2)CC1.I. The number of nitrogens with zero attached hydrogens (tertiary/aromatic N) is 5. The average Bonchev–Trinajstić information content (AvgIpc) is 2.60. The molecule has 1 saturated heterocycles. The van der Waals surface area contributed by atoms with Gasteiger partial charge in [0.2, 0.25) is 5.95 Å². The summed E-state index contributed by atoms with van der Waals surface area (Å²) in [5.41, 5.74) is 5.82. The van der Waals surface area contributed by atoms with E-state index in [2.05, 4.69) is 37.0 Å². The van der Waals surface area contributed by atoms with E-state index in [0.717, 1.165) is 64.6 Å². The number of hydrogen-bond donors (Lipinski definition) is 2. The molecule has 1 fully saturated rings. The second-order valence-corrected chi connectivity index (χ2v) is 5.78. The van der Waals surface area contributed by atoms with Crippen LogP contribution in [0.15, 0.2) is 23.5 Å². The molecule has 0 amide bonds. The van der Waals surface area contributed by atoms with Gasteiger partial charge in [0.25, 0.3) is 0 Å². The summed E-state index contributed by atoms with van der Waals surface area (Å²) < 4.78 is 0. The van der Waals surface area contributed by atoms with Gasteiger partial charge in [-0.25, -0.2) is 9.97 Å². The molecule has 1 aliphatic rings. The Morgan fingerprint density at radius 2 is 1.92 bits per heavy atom. The van der Waals surface area contributed by atoms with E-state index in [1.54, 1.807) is 12.4 Å². The molecule has 0 unspecified atom stereocenters. The molecule has 0 aliphatic carbocycles. The van der Waals surface area contributed by atoms with Crippen molar-refractivity contribution in [2.45, 2.75) is 26.2 Å². The van der Waals surface area contributed by atoms with Gasteiger partial charge in [-0.2, -0.15) is 0 Å². The van der Waals surface area contributed by atoms with E-state index < -0.39 is 0 Å². The number of nitrogens with one attached hydrogen (secondary N) is 1. The molecule has 0 aromatic carbocycles. The number of nitrogens with two attached hydrogens (primary N) is 1. The lowest BCUT2D eigenvalue weighted by atomic mass is 10.3. The monoisotopic (exact) mass is 447 g/mol. The van der Waals surface area contributed by atoms with Gasteiger partial charge in [0.05, 0.1) is 0 Å². The fraction of sp³-hybridized carbons (Fsp3) is 0.688. The molecule has 8 heteroatoms. The third kappa shape index (κ3) is 7.61. The predicted molar refractivity (Wildman–Crippen MR) is 110 cm³/mol. The number of anilines is 1. The van der Waals surface area contributed by atoms with Crippen LogP contribution in [0.4, 0.5) is 5.95 Å². The summed E-state index contributed by atoms with van der Waals surface area (Å²) in [4.78, 5) is 17.7. The molecule has 0 spiro atoms. The third-order valence-electron chi connectivity index (χ3n) is 3.96. The molecule has 3 N–H and O–H groups in total. The molecule has 0 saturated carbocycles. The van der Waals surface area contributed by atoms with Gasteiger partial charge >= 0.3 is 0 Å². The summed E-state index contributed by atoms with van der Waals surface area (Å²) in [5.74, 6) is 1.41. The van der Waals surface area contributed by atoms with E-state index in [1.165, 1.54) is 6.42 Å². The molecule has 1 aliphatic heterocycles. The van der Waals surface area contributed by atoms with Crippen LogP contribution in [0.2, 0.25) is 0 Å². The molecule has 0 radical (unpaired) electrons. The number of halogens is 1. The lowest BCUT2D eigenvalue weighted by Crippen LogP contribution is -2.47. The summed E-state index contributed by atoms with van der Waals surface area (Å²) in [7, 11) is 0. The Morgan fingerprint density at radius 3 is 2.58 bits per heavy atom. The van der Waals surface area contributed by atoms with E-state index in [9.17, 15) is 0 Å². The summed E-state index contributed by atoms with van der Waals surface area (Å²) in [6.07, 6.45) is 6.93. The second-order valence-electron chi connectivity index (χ2n) is 5.78. The highest BCUT2D eigenvalue weighted by Crippen LogP contribution is 2.09. The first-order chi connectivity index (χ1) is 11.3. The lowest BCUT2D eigenvalue weighted by molar-refractivity contribution is 0.255. The zero-order valence-corrected chi connectivity index (χ0v) is 16.9. The van der Waals surface area contributed by atoms with Crippen molar-refractivity contribution in [3.8, 4) is 0 Å². The van der Waals surface area contributed by atoms with Crippen LogP contribution in [0.25, 0.3) is 0 Å². The maximum Gasteiger partial charge on any atom is 0.225 e. The highest BCUT2D eigenvalue weighted by atomic mass is 127. The van der Waals surface area contributed by atoms with E-state index in [-0.39, 0.29) is 24.0 Å². The largest absolute Gasteiger partial charge is 0.370 e.